The van der Waals surface area contributed by atoms with Gasteiger partial charge in [-0.05, 0) is 0 Å². The second kappa shape index (κ2) is 3.07. The molecule has 0 amide bonds. The Bertz CT molecular complexity index is 24.7. The van der Waals surface area contributed by atoms with E-state index in [9.17, 15) is 8.78 Å². The first-order valence-corrected chi connectivity index (χ1v) is 1.80. The van der Waals surface area contributed by atoms with Crippen LogP contribution in [0.2, 0.25) is 0 Å². The van der Waals surface area contributed by atoms with Gasteiger partial charge in [0.15, 0.2) is 0 Å². The van der Waals surface area contributed by atoms with Crippen molar-refractivity contribution in [2.24, 2.45) is 5.92 Å². The molecule has 0 bridgehead atoms. The van der Waals surface area contributed by atoms with E-state index in [4.69, 9.17) is 0 Å². The lowest BCUT2D eigenvalue weighted by Gasteiger charge is -1.92. The molecule has 1 atom stereocenters. The van der Waals surface area contributed by atoms with Gasteiger partial charge < -0.3 is 0 Å². The van der Waals surface area contributed by atoms with Gasteiger partial charge in [0.05, 0.1) is 6.67 Å². The number of hydrogen-bond donors (Lipinski definition) is 0. The van der Waals surface area contributed by atoms with E-state index in [1.54, 1.807) is 0 Å². The summed E-state index contributed by atoms with van der Waals surface area (Å²) in [7, 11) is 0. The summed E-state index contributed by atoms with van der Waals surface area (Å²) < 4.78 is 22.1. The van der Waals surface area contributed by atoms with Crippen molar-refractivity contribution >= 4 is 0 Å². The monoisotopic (exact) mass is 93.1 g/mol. The van der Waals surface area contributed by atoms with Crippen molar-refractivity contribution < 1.29 is 8.78 Å². The molecule has 0 aromatic rings. The van der Waals surface area contributed by atoms with Crippen LogP contribution in [0, 0.1) is 12.6 Å². The van der Waals surface area contributed by atoms with E-state index in [-0.39, 0.29) is 0 Å². The first-order valence-electron chi connectivity index (χ1n) is 1.80. The lowest BCUT2D eigenvalue weighted by atomic mass is 10.2. The van der Waals surface area contributed by atoms with Crippen LogP contribution in [0.1, 0.15) is 6.92 Å². The summed E-state index contributed by atoms with van der Waals surface area (Å²) in [5.74, 6) is -0.523. The van der Waals surface area contributed by atoms with Crippen LogP contribution in [0.4, 0.5) is 8.78 Å². The van der Waals surface area contributed by atoms with Gasteiger partial charge in [-0.15, -0.1) is 0 Å². The van der Waals surface area contributed by atoms with Crippen molar-refractivity contribution in [3.63, 3.8) is 0 Å². The topological polar surface area (TPSA) is 0 Å². The maximum absolute atomic E-state index is 11.1. The fourth-order valence-corrected chi connectivity index (χ4v) is 0.0337. The Hall–Kier alpha value is -0.140. The lowest BCUT2D eigenvalue weighted by molar-refractivity contribution is 0.363. The van der Waals surface area contributed by atoms with Crippen molar-refractivity contribution in [1.29, 1.82) is 0 Å². The Labute approximate surface area is 36.2 Å². The van der Waals surface area contributed by atoms with Crippen molar-refractivity contribution in [2.75, 3.05) is 6.67 Å². The van der Waals surface area contributed by atoms with Gasteiger partial charge in [-0.3, -0.25) is 4.39 Å². The highest BCUT2D eigenvalue weighted by Crippen LogP contribution is 1.99. The Morgan fingerprint density at radius 3 is 2.33 bits per heavy atom. The fraction of sp³-hybridized carbons (Fsp3) is 0.750. The fourth-order valence-electron chi connectivity index (χ4n) is 0.0337. The normalized spacial score (nSPS) is 10.0. The van der Waals surface area contributed by atoms with E-state index >= 15 is 0 Å². The maximum Gasteiger partial charge on any atom is 0.137 e. The molecule has 0 N–H and O–H groups in total. The van der Waals surface area contributed by atoms with E-state index in [1.165, 1.54) is 6.92 Å². The molecule has 0 aliphatic rings. The second-order valence-electron chi connectivity index (χ2n) is 1.26. The molecule has 1 unspecified atom stereocenters. The van der Waals surface area contributed by atoms with E-state index in [0.29, 0.717) is 6.67 Å². The van der Waals surface area contributed by atoms with Gasteiger partial charge in [-0.25, -0.2) is 4.39 Å². The van der Waals surface area contributed by atoms with Gasteiger partial charge in [-0.2, -0.15) is 0 Å². The molecule has 0 aromatic carbocycles. The second-order valence-corrected chi connectivity index (χ2v) is 1.26. The smallest absolute Gasteiger partial charge is 0.137 e. The summed E-state index contributed by atoms with van der Waals surface area (Å²) in [5, 5.41) is 0. The zero-order chi connectivity index (χ0) is 4.99. The largest absolute Gasteiger partial charge is 0.251 e. The Morgan fingerprint density at radius 1 is 1.83 bits per heavy atom. The van der Waals surface area contributed by atoms with E-state index in [0.717, 1.165) is 0 Å². The molecule has 6 heavy (non-hydrogen) atoms. The van der Waals surface area contributed by atoms with Crippen LogP contribution < -0.4 is 0 Å². The highest BCUT2D eigenvalue weighted by Gasteiger charge is 1.96. The highest BCUT2D eigenvalue weighted by atomic mass is 19.1. The van der Waals surface area contributed by atoms with Gasteiger partial charge in [0.25, 0.3) is 0 Å². The molecule has 37 valence electrons. The van der Waals surface area contributed by atoms with Gasteiger partial charge in [0, 0.05) is 5.92 Å². The first-order chi connectivity index (χ1) is 2.81. The van der Waals surface area contributed by atoms with Gasteiger partial charge in [-0.1, -0.05) is 6.92 Å². The van der Waals surface area contributed by atoms with Crippen LogP contribution in [0.5, 0.6) is 0 Å². The van der Waals surface area contributed by atoms with Gasteiger partial charge in [0.1, 0.15) is 6.67 Å². The van der Waals surface area contributed by atoms with Crippen LogP contribution >= 0.6 is 0 Å². The van der Waals surface area contributed by atoms with Crippen molar-refractivity contribution in [1.82, 2.24) is 0 Å². The van der Waals surface area contributed by atoms with Crippen molar-refractivity contribution in [3.8, 4) is 0 Å². The molecule has 0 saturated carbocycles. The lowest BCUT2D eigenvalue weighted by Crippen LogP contribution is -1.91. The molecule has 0 aromatic heterocycles. The Kier molecular flexibility index (Phi) is 2.99. The molecule has 0 aliphatic heterocycles. The molecular formula is C4H7F2. The molecule has 2 heteroatoms. The van der Waals surface area contributed by atoms with Gasteiger partial charge in [0.2, 0.25) is 0 Å². The van der Waals surface area contributed by atoms with Gasteiger partial charge >= 0.3 is 0 Å². The summed E-state index contributed by atoms with van der Waals surface area (Å²) in [6, 6.07) is 0. The summed E-state index contributed by atoms with van der Waals surface area (Å²) in [6.07, 6.45) is 0. The molecule has 0 rings (SSSR count). The van der Waals surface area contributed by atoms with Crippen molar-refractivity contribution in [2.45, 2.75) is 6.92 Å². The minimum Gasteiger partial charge on any atom is -0.251 e. The third-order valence-corrected chi connectivity index (χ3v) is 0.458. The molecule has 0 aliphatic carbocycles. The first kappa shape index (κ1) is 5.86. The van der Waals surface area contributed by atoms with E-state index < -0.39 is 12.6 Å². The average molecular weight is 93.1 g/mol. The molecule has 0 nitrogen and oxygen atoms in total. The molecule has 0 saturated heterocycles. The average Bonchev–Trinajstić information content (AvgIpc) is 1.65. The maximum atomic E-state index is 11.1. The molecule has 0 spiro atoms. The number of alkyl halides is 1. The summed E-state index contributed by atoms with van der Waals surface area (Å²) >= 11 is 0. The molecule has 0 heterocycles. The minimum atomic E-state index is -0.601. The highest BCUT2D eigenvalue weighted by molar-refractivity contribution is 4.56. The zero-order valence-electron chi connectivity index (χ0n) is 3.62. The van der Waals surface area contributed by atoms with Crippen LogP contribution in [-0.2, 0) is 0 Å². The quantitative estimate of drug-likeness (QED) is 0.487. The van der Waals surface area contributed by atoms with Crippen LogP contribution in [0.15, 0.2) is 0 Å². The minimum absolute atomic E-state index is 0.347. The third-order valence-electron chi connectivity index (χ3n) is 0.458. The van der Waals surface area contributed by atoms with Crippen LogP contribution in [0.3, 0.4) is 0 Å². The van der Waals surface area contributed by atoms with Crippen LogP contribution in [-0.4, -0.2) is 6.67 Å². The predicted octanol–water partition coefficient (Wildman–Crippen LogP) is 1.72. The van der Waals surface area contributed by atoms with Crippen LogP contribution in [0.25, 0.3) is 0 Å². The molecule has 0 fully saturated rings. The SMILES string of the molecule is CC([CH]F)CF. The summed E-state index contributed by atoms with van der Waals surface area (Å²) in [4.78, 5) is 0. The molecular weight excluding hydrogens is 86.0 g/mol. The Morgan fingerprint density at radius 2 is 2.33 bits per heavy atom. The summed E-state index contributed by atoms with van der Waals surface area (Å²) in [5.41, 5.74) is 0. The number of hydrogen-bond acceptors (Lipinski definition) is 0. The third kappa shape index (κ3) is 2.12. The van der Waals surface area contributed by atoms with Crippen molar-refractivity contribution in [3.05, 3.63) is 6.67 Å². The number of halogens is 2. The summed E-state index contributed by atoms with van der Waals surface area (Å²) in [6.45, 7) is 1.22. The Balaban J connectivity index is 2.75. The number of rotatable bonds is 2. The van der Waals surface area contributed by atoms with E-state index in [1.807, 2.05) is 0 Å². The zero-order valence-corrected chi connectivity index (χ0v) is 3.62. The van der Waals surface area contributed by atoms with E-state index in [2.05, 4.69) is 0 Å². The standard InChI is InChI=1S/C4H7F2/c1-4(2-5)3-6/h2,4H,3H2,1H3. The predicted molar refractivity (Wildman–Crippen MR) is 20.5 cm³/mol. The molecule has 1 radical (unpaired) electrons.